The summed E-state index contributed by atoms with van der Waals surface area (Å²) < 4.78 is 5.82. The summed E-state index contributed by atoms with van der Waals surface area (Å²) in [7, 11) is 0. The Kier molecular flexibility index (Phi) is 4.38. The van der Waals surface area contributed by atoms with Gasteiger partial charge in [-0.25, -0.2) is 0 Å². The SMILES string of the molecule is CC1CC(=O)CC(C)(C)N1COCc1ccccc1. The van der Waals surface area contributed by atoms with Crippen molar-refractivity contribution < 1.29 is 9.53 Å². The minimum atomic E-state index is -0.106. The van der Waals surface area contributed by atoms with Crippen LogP contribution in [0.3, 0.4) is 0 Å². The lowest BCUT2D eigenvalue weighted by atomic mass is 9.86. The quantitative estimate of drug-likeness (QED) is 0.834. The standard InChI is InChI=1S/C16H23NO2/c1-13-9-15(18)10-16(2,3)17(13)12-19-11-14-7-5-4-6-8-14/h4-8,13H,9-12H2,1-3H3. The molecule has 0 saturated carbocycles. The van der Waals surface area contributed by atoms with E-state index in [0.717, 1.165) is 0 Å². The van der Waals surface area contributed by atoms with Gasteiger partial charge >= 0.3 is 0 Å². The van der Waals surface area contributed by atoms with Gasteiger partial charge in [0.1, 0.15) is 12.5 Å². The lowest BCUT2D eigenvalue weighted by Gasteiger charge is -2.45. The van der Waals surface area contributed by atoms with E-state index >= 15 is 0 Å². The average Bonchev–Trinajstić information content (AvgIpc) is 2.33. The molecule has 0 spiro atoms. The van der Waals surface area contributed by atoms with Crippen LogP contribution in [0.4, 0.5) is 0 Å². The summed E-state index contributed by atoms with van der Waals surface area (Å²) in [6.45, 7) is 7.54. The number of hydrogen-bond donors (Lipinski definition) is 0. The van der Waals surface area contributed by atoms with Crippen LogP contribution in [0.15, 0.2) is 30.3 Å². The van der Waals surface area contributed by atoms with Crippen LogP contribution in [0.5, 0.6) is 0 Å². The molecule has 1 aliphatic rings. The number of carbonyl (C=O) groups is 1. The maximum atomic E-state index is 11.7. The second kappa shape index (κ2) is 5.85. The van der Waals surface area contributed by atoms with Gasteiger partial charge in [-0.1, -0.05) is 30.3 Å². The van der Waals surface area contributed by atoms with Gasteiger partial charge in [-0.3, -0.25) is 9.69 Å². The number of piperidine rings is 1. The van der Waals surface area contributed by atoms with Crippen LogP contribution in [-0.2, 0) is 16.1 Å². The molecule has 0 radical (unpaired) electrons. The first-order valence-electron chi connectivity index (χ1n) is 6.89. The van der Waals surface area contributed by atoms with Gasteiger partial charge < -0.3 is 4.74 Å². The molecule has 0 aliphatic carbocycles. The van der Waals surface area contributed by atoms with Gasteiger partial charge in [0, 0.05) is 24.4 Å². The lowest BCUT2D eigenvalue weighted by Crippen LogP contribution is -2.55. The molecule has 1 aromatic rings. The molecular formula is C16H23NO2. The molecule has 1 atom stereocenters. The van der Waals surface area contributed by atoms with Gasteiger partial charge in [0.2, 0.25) is 0 Å². The van der Waals surface area contributed by atoms with Gasteiger partial charge in [0.05, 0.1) is 6.61 Å². The van der Waals surface area contributed by atoms with Gasteiger partial charge in [0.25, 0.3) is 0 Å². The monoisotopic (exact) mass is 261 g/mol. The van der Waals surface area contributed by atoms with Crippen LogP contribution in [0, 0.1) is 0 Å². The zero-order valence-corrected chi connectivity index (χ0v) is 12.1. The first kappa shape index (κ1) is 14.2. The molecule has 2 rings (SSSR count). The number of benzene rings is 1. The fraction of sp³-hybridized carbons (Fsp3) is 0.562. The Labute approximate surface area is 115 Å². The topological polar surface area (TPSA) is 29.5 Å². The molecule has 1 aromatic carbocycles. The molecule has 1 aliphatic heterocycles. The fourth-order valence-corrected chi connectivity index (χ4v) is 2.83. The molecule has 0 amide bonds. The summed E-state index contributed by atoms with van der Waals surface area (Å²) in [5, 5.41) is 0. The first-order valence-corrected chi connectivity index (χ1v) is 6.89. The molecule has 1 fully saturated rings. The summed E-state index contributed by atoms with van der Waals surface area (Å²) in [5.41, 5.74) is 1.08. The van der Waals surface area contributed by atoms with Crippen molar-refractivity contribution in [2.24, 2.45) is 0 Å². The molecule has 3 nitrogen and oxygen atoms in total. The summed E-state index contributed by atoms with van der Waals surface area (Å²) in [6, 6.07) is 10.4. The Morgan fingerprint density at radius 2 is 2.00 bits per heavy atom. The first-order chi connectivity index (χ1) is 8.99. The van der Waals surface area contributed by atoms with Crippen molar-refractivity contribution >= 4 is 5.78 Å². The minimum absolute atomic E-state index is 0.106. The van der Waals surface area contributed by atoms with Crippen LogP contribution < -0.4 is 0 Å². The van der Waals surface area contributed by atoms with Crippen molar-refractivity contribution in [1.29, 1.82) is 0 Å². The Morgan fingerprint density at radius 3 is 2.63 bits per heavy atom. The van der Waals surface area contributed by atoms with E-state index in [9.17, 15) is 4.79 Å². The molecule has 1 heterocycles. The van der Waals surface area contributed by atoms with Crippen molar-refractivity contribution in [1.82, 2.24) is 4.90 Å². The van der Waals surface area contributed by atoms with Crippen molar-refractivity contribution in [3.8, 4) is 0 Å². The number of ether oxygens (including phenoxy) is 1. The van der Waals surface area contributed by atoms with E-state index in [-0.39, 0.29) is 11.6 Å². The third-order valence-electron chi connectivity index (χ3n) is 3.80. The molecule has 104 valence electrons. The van der Waals surface area contributed by atoms with Crippen molar-refractivity contribution in [3.05, 3.63) is 35.9 Å². The number of carbonyl (C=O) groups excluding carboxylic acids is 1. The van der Waals surface area contributed by atoms with Gasteiger partial charge in [-0.2, -0.15) is 0 Å². The van der Waals surface area contributed by atoms with Crippen molar-refractivity contribution in [2.75, 3.05) is 6.73 Å². The molecule has 0 N–H and O–H groups in total. The highest BCUT2D eigenvalue weighted by Gasteiger charge is 2.38. The fourth-order valence-electron chi connectivity index (χ4n) is 2.83. The second-order valence-corrected chi connectivity index (χ2v) is 6.01. The lowest BCUT2D eigenvalue weighted by molar-refractivity contribution is -0.134. The molecule has 1 saturated heterocycles. The maximum Gasteiger partial charge on any atom is 0.136 e. The van der Waals surface area contributed by atoms with Crippen LogP contribution >= 0.6 is 0 Å². The molecule has 1 unspecified atom stereocenters. The largest absolute Gasteiger partial charge is 0.361 e. The zero-order chi connectivity index (χ0) is 13.9. The van der Waals surface area contributed by atoms with E-state index in [0.29, 0.717) is 32.0 Å². The third-order valence-corrected chi connectivity index (χ3v) is 3.80. The smallest absolute Gasteiger partial charge is 0.136 e. The predicted octanol–water partition coefficient (Wildman–Crippen LogP) is 2.99. The number of nitrogens with zero attached hydrogens (tertiary/aromatic N) is 1. The molecular weight excluding hydrogens is 238 g/mol. The van der Waals surface area contributed by atoms with Gasteiger partial charge in [-0.05, 0) is 26.3 Å². The van der Waals surface area contributed by atoms with Crippen LogP contribution in [0.25, 0.3) is 0 Å². The highest BCUT2D eigenvalue weighted by molar-refractivity contribution is 5.81. The Hall–Kier alpha value is -1.19. The summed E-state index contributed by atoms with van der Waals surface area (Å²) in [6.07, 6.45) is 1.25. The van der Waals surface area contributed by atoms with Crippen molar-refractivity contribution in [2.45, 2.75) is 51.8 Å². The third kappa shape index (κ3) is 3.64. The van der Waals surface area contributed by atoms with Gasteiger partial charge in [-0.15, -0.1) is 0 Å². The summed E-state index contributed by atoms with van der Waals surface area (Å²) in [4.78, 5) is 14.0. The van der Waals surface area contributed by atoms with E-state index in [4.69, 9.17) is 4.74 Å². The van der Waals surface area contributed by atoms with Crippen LogP contribution in [0.2, 0.25) is 0 Å². The minimum Gasteiger partial charge on any atom is -0.361 e. The zero-order valence-electron chi connectivity index (χ0n) is 12.1. The van der Waals surface area contributed by atoms with Gasteiger partial charge in [0.15, 0.2) is 0 Å². The number of rotatable bonds is 4. The van der Waals surface area contributed by atoms with E-state index < -0.39 is 0 Å². The molecule has 19 heavy (non-hydrogen) atoms. The van der Waals surface area contributed by atoms with E-state index in [1.165, 1.54) is 5.56 Å². The van der Waals surface area contributed by atoms with E-state index in [2.05, 4.69) is 37.8 Å². The Morgan fingerprint density at radius 1 is 1.32 bits per heavy atom. The van der Waals surface area contributed by atoms with Crippen LogP contribution in [-0.4, -0.2) is 29.0 Å². The van der Waals surface area contributed by atoms with E-state index in [1.807, 2.05) is 18.2 Å². The maximum absolute atomic E-state index is 11.7. The number of ketones is 1. The molecule has 0 aromatic heterocycles. The number of Topliss-reactive ketones (excluding diaryl/α,β-unsaturated/α-hetero) is 1. The molecule has 3 heteroatoms. The summed E-state index contributed by atoms with van der Waals surface area (Å²) in [5.74, 6) is 0.358. The van der Waals surface area contributed by atoms with Crippen molar-refractivity contribution in [3.63, 3.8) is 0 Å². The highest BCUT2D eigenvalue weighted by atomic mass is 16.5. The Balaban J connectivity index is 1.89. The summed E-state index contributed by atoms with van der Waals surface area (Å²) >= 11 is 0. The molecule has 0 bridgehead atoms. The highest BCUT2D eigenvalue weighted by Crippen LogP contribution is 2.29. The van der Waals surface area contributed by atoms with E-state index in [1.54, 1.807) is 0 Å². The van der Waals surface area contributed by atoms with Crippen LogP contribution in [0.1, 0.15) is 39.2 Å². The average molecular weight is 261 g/mol. The second-order valence-electron chi connectivity index (χ2n) is 6.01. The predicted molar refractivity (Wildman–Crippen MR) is 75.7 cm³/mol. The number of hydrogen-bond acceptors (Lipinski definition) is 3. The number of likely N-dealkylation sites (tertiary alicyclic amines) is 1. The Bertz CT molecular complexity index is 428. The normalized spacial score (nSPS) is 23.5.